The van der Waals surface area contributed by atoms with Crippen molar-refractivity contribution in [3.8, 4) is 5.75 Å². The summed E-state index contributed by atoms with van der Waals surface area (Å²) in [5.41, 5.74) is 1.15. The van der Waals surface area contributed by atoms with Crippen molar-refractivity contribution >= 4 is 11.9 Å². The monoisotopic (exact) mass is 431 g/mol. The molecule has 2 rings (SSSR count). The molecule has 0 saturated carbocycles. The fourth-order valence-corrected chi connectivity index (χ4v) is 2.80. The number of carbonyl (C=O) groups excluding carboxylic acids is 2. The lowest BCUT2D eigenvalue weighted by Crippen LogP contribution is -2.35. The predicted octanol–water partition coefficient (Wildman–Crippen LogP) is 4.02. The van der Waals surface area contributed by atoms with E-state index in [2.05, 4.69) is 5.32 Å². The maximum atomic E-state index is 12.9. The van der Waals surface area contributed by atoms with Crippen molar-refractivity contribution < 1.29 is 28.2 Å². The zero-order chi connectivity index (χ0) is 22.9. The molecule has 1 amide bonds. The summed E-state index contributed by atoms with van der Waals surface area (Å²) >= 11 is 0. The molecule has 0 fully saturated rings. The molecule has 0 aromatic heterocycles. The Morgan fingerprint density at radius 1 is 1.00 bits per heavy atom. The van der Waals surface area contributed by atoms with Crippen molar-refractivity contribution in [2.24, 2.45) is 5.92 Å². The van der Waals surface area contributed by atoms with E-state index in [1.54, 1.807) is 45.0 Å². The molecule has 0 unspecified atom stereocenters. The molecule has 6 nitrogen and oxygen atoms in total. The van der Waals surface area contributed by atoms with Crippen LogP contribution in [0.1, 0.15) is 38.3 Å². The number of hydrogen-bond acceptors (Lipinski definition) is 5. The molecule has 0 saturated heterocycles. The molecule has 0 heterocycles. The molecule has 0 aliphatic carbocycles. The molecule has 0 bridgehead atoms. The largest absolute Gasteiger partial charge is 0.489 e. The van der Waals surface area contributed by atoms with Crippen LogP contribution in [0.3, 0.4) is 0 Å². The Balaban J connectivity index is 1.83. The Hall–Kier alpha value is -2.93. The molecule has 0 aliphatic rings. The molecule has 1 N–H and O–H groups in total. The zero-order valence-corrected chi connectivity index (χ0v) is 18.4. The molecule has 0 spiro atoms. The van der Waals surface area contributed by atoms with Gasteiger partial charge < -0.3 is 19.5 Å². The van der Waals surface area contributed by atoms with Gasteiger partial charge in [-0.05, 0) is 56.2 Å². The van der Waals surface area contributed by atoms with Gasteiger partial charge in [-0.25, -0.2) is 4.39 Å². The van der Waals surface area contributed by atoms with Crippen molar-refractivity contribution in [2.75, 3.05) is 13.7 Å². The Morgan fingerprint density at radius 3 is 2.19 bits per heavy atom. The van der Waals surface area contributed by atoms with Crippen molar-refractivity contribution in [1.82, 2.24) is 5.32 Å². The van der Waals surface area contributed by atoms with Gasteiger partial charge in [0.2, 0.25) is 5.91 Å². The predicted molar refractivity (Wildman–Crippen MR) is 115 cm³/mol. The van der Waals surface area contributed by atoms with E-state index in [-0.39, 0.29) is 24.8 Å². The Labute approximate surface area is 182 Å². The molecule has 2 aromatic carbocycles. The van der Waals surface area contributed by atoms with Gasteiger partial charge in [-0.15, -0.1) is 0 Å². The van der Waals surface area contributed by atoms with Gasteiger partial charge in [-0.2, -0.15) is 0 Å². The number of esters is 1. The molecular formula is C24H30FNO5. The summed E-state index contributed by atoms with van der Waals surface area (Å²) in [7, 11) is 1.49. The second kappa shape index (κ2) is 11.5. The number of carbonyl (C=O) groups is 2. The molecular weight excluding hydrogens is 401 g/mol. The summed E-state index contributed by atoms with van der Waals surface area (Å²) in [6.07, 6.45) is -0.0485. The van der Waals surface area contributed by atoms with E-state index in [1.807, 2.05) is 12.1 Å². The lowest BCUT2D eigenvalue weighted by Gasteiger charge is -2.21. The number of ether oxygens (including phenoxy) is 3. The number of amides is 1. The van der Waals surface area contributed by atoms with E-state index in [4.69, 9.17) is 14.2 Å². The molecule has 0 radical (unpaired) electrons. The fraction of sp³-hybridized carbons (Fsp3) is 0.417. The van der Waals surface area contributed by atoms with Gasteiger partial charge in [0.05, 0.1) is 18.9 Å². The third-order valence-electron chi connectivity index (χ3n) is 4.28. The highest BCUT2D eigenvalue weighted by Gasteiger charge is 2.25. The first-order valence-electron chi connectivity index (χ1n) is 10.1. The van der Waals surface area contributed by atoms with E-state index in [1.165, 1.54) is 19.2 Å². The van der Waals surface area contributed by atoms with E-state index in [0.29, 0.717) is 18.9 Å². The Bertz CT molecular complexity index is 844. The second-order valence-electron chi connectivity index (χ2n) is 8.22. The van der Waals surface area contributed by atoms with Gasteiger partial charge in [0, 0.05) is 13.7 Å². The lowest BCUT2D eigenvalue weighted by atomic mass is 10.1. The van der Waals surface area contributed by atoms with Crippen LogP contribution in [0.15, 0.2) is 48.5 Å². The fourth-order valence-electron chi connectivity index (χ4n) is 2.80. The van der Waals surface area contributed by atoms with Crippen LogP contribution in [0.5, 0.6) is 5.75 Å². The summed E-state index contributed by atoms with van der Waals surface area (Å²) in [4.78, 5) is 24.6. The van der Waals surface area contributed by atoms with E-state index < -0.39 is 17.5 Å². The first-order chi connectivity index (χ1) is 14.7. The van der Waals surface area contributed by atoms with E-state index in [9.17, 15) is 14.0 Å². The van der Waals surface area contributed by atoms with Gasteiger partial charge in [0.15, 0.2) is 0 Å². The third-order valence-corrected chi connectivity index (χ3v) is 4.28. The first kappa shape index (κ1) is 24.3. The highest BCUT2D eigenvalue weighted by molar-refractivity contribution is 5.84. The van der Waals surface area contributed by atoms with Crippen molar-refractivity contribution in [3.05, 3.63) is 65.5 Å². The van der Waals surface area contributed by atoms with Gasteiger partial charge in [-0.1, -0.05) is 24.3 Å². The summed E-state index contributed by atoms with van der Waals surface area (Å²) in [5, 5.41) is 2.83. The van der Waals surface area contributed by atoms with Crippen LogP contribution >= 0.6 is 0 Å². The van der Waals surface area contributed by atoms with Crippen LogP contribution in [0, 0.1) is 11.7 Å². The van der Waals surface area contributed by atoms with Crippen LogP contribution in [-0.4, -0.2) is 31.2 Å². The standard InChI is InChI=1S/C24H30FNO5/c1-24(2,3)31-22(27)13-19(16-29-4)23(28)26-14-17-7-11-21(12-8-17)30-15-18-5-9-20(25)10-6-18/h5-12,19H,13-16H2,1-4H3,(H,26,28)/t19-/m1/s1. The van der Waals surface area contributed by atoms with Gasteiger partial charge in [0.25, 0.3) is 0 Å². The highest BCUT2D eigenvalue weighted by atomic mass is 19.1. The zero-order valence-electron chi connectivity index (χ0n) is 18.4. The number of rotatable bonds is 10. The summed E-state index contributed by atoms with van der Waals surface area (Å²) in [5.74, 6) is -0.953. The summed E-state index contributed by atoms with van der Waals surface area (Å²) in [6, 6.07) is 13.4. The number of halogens is 1. The maximum Gasteiger partial charge on any atom is 0.307 e. The van der Waals surface area contributed by atoms with Crippen molar-refractivity contribution in [2.45, 2.75) is 45.9 Å². The first-order valence-corrected chi connectivity index (χ1v) is 10.1. The SMILES string of the molecule is COC[C@@H](CC(=O)OC(C)(C)C)C(=O)NCc1ccc(OCc2ccc(F)cc2)cc1. The number of methoxy groups -OCH3 is 1. The highest BCUT2D eigenvalue weighted by Crippen LogP contribution is 2.16. The molecule has 1 atom stereocenters. The summed E-state index contributed by atoms with van der Waals surface area (Å²) in [6.45, 7) is 6.11. The average Bonchev–Trinajstić information content (AvgIpc) is 2.70. The molecule has 0 aliphatic heterocycles. The molecule has 168 valence electrons. The van der Waals surface area contributed by atoms with Crippen molar-refractivity contribution in [1.29, 1.82) is 0 Å². The molecule has 31 heavy (non-hydrogen) atoms. The number of hydrogen-bond donors (Lipinski definition) is 1. The lowest BCUT2D eigenvalue weighted by molar-refractivity contribution is -0.158. The van der Waals surface area contributed by atoms with E-state index >= 15 is 0 Å². The van der Waals surface area contributed by atoms with Gasteiger partial charge in [0.1, 0.15) is 23.8 Å². The Kier molecular flexibility index (Phi) is 9.00. The van der Waals surface area contributed by atoms with Crippen LogP contribution in [0.2, 0.25) is 0 Å². The topological polar surface area (TPSA) is 73.9 Å². The number of nitrogens with one attached hydrogen (secondary N) is 1. The minimum Gasteiger partial charge on any atom is -0.489 e. The third kappa shape index (κ3) is 9.17. The Morgan fingerprint density at radius 2 is 1.61 bits per heavy atom. The minimum atomic E-state index is -0.627. The normalized spacial score (nSPS) is 12.2. The van der Waals surface area contributed by atoms with Gasteiger partial charge >= 0.3 is 5.97 Å². The maximum absolute atomic E-state index is 12.9. The minimum absolute atomic E-state index is 0.0485. The van der Waals surface area contributed by atoms with Crippen molar-refractivity contribution in [3.63, 3.8) is 0 Å². The van der Waals surface area contributed by atoms with Crippen LogP contribution < -0.4 is 10.1 Å². The summed E-state index contributed by atoms with van der Waals surface area (Å²) < 4.78 is 29.0. The van der Waals surface area contributed by atoms with Crippen LogP contribution in [0.4, 0.5) is 4.39 Å². The smallest absolute Gasteiger partial charge is 0.307 e. The van der Waals surface area contributed by atoms with Crippen LogP contribution in [-0.2, 0) is 32.2 Å². The van der Waals surface area contributed by atoms with Gasteiger partial charge in [-0.3, -0.25) is 9.59 Å². The van der Waals surface area contributed by atoms with E-state index in [0.717, 1.165) is 11.1 Å². The molecule has 7 heteroatoms. The average molecular weight is 432 g/mol. The quantitative estimate of drug-likeness (QED) is 0.576. The number of benzene rings is 2. The molecule has 2 aromatic rings. The second-order valence-corrected chi connectivity index (χ2v) is 8.22. The van der Waals surface area contributed by atoms with Crippen LogP contribution in [0.25, 0.3) is 0 Å².